The van der Waals surface area contributed by atoms with Crippen molar-refractivity contribution in [2.45, 2.75) is 6.92 Å². The van der Waals surface area contributed by atoms with Crippen LogP contribution in [0.3, 0.4) is 0 Å². The van der Waals surface area contributed by atoms with Crippen molar-refractivity contribution in [3.63, 3.8) is 0 Å². The van der Waals surface area contributed by atoms with E-state index in [4.69, 9.17) is 8.83 Å². The maximum Gasteiger partial charge on any atom is 0.262 e. The minimum atomic E-state index is 0.526. The van der Waals surface area contributed by atoms with E-state index in [0.717, 1.165) is 5.76 Å². The highest BCUT2D eigenvalue weighted by Crippen LogP contribution is 2.18. The number of furan rings is 1. The van der Waals surface area contributed by atoms with Gasteiger partial charge in [0.15, 0.2) is 5.76 Å². The van der Waals surface area contributed by atoms with Gasteiger partial charge in [0.05, 0.1) is 6.20 Å². The number of rotatable bonds is 1. The molecule has 3 heteroatoms. The molecule has 0 atom stereocenters. The molecule has 0 N–H and O–H groups in total. The van der Waals surface area contributed by atoms with E-state index in [-0.39, 0.29) is 0 Å². The molecule has 0 fully saturated rings. The summed E-state index contributed by atoms with van der Waals surface area (Å²) in [5.74, 6) is 2.06. The van der Waals surface area contributed by atoms with Gasteiger partial charge in [-0.3, -0.25) is 0 Å². The Morgan fingerprint density at radius 2 is 2.27 bits per heavy atom. The van der Waals surface area contributed by atoms with Crippen molar-refractivity contribution in [3.05, 3.63) is 30.4 Å². The molecule has 11 heavy (non-hydrogen) atoms. The SMILES string of the molecule is Cc1ccc(-c2ncco2)o1. The fraction of sp³-hybridized carbons (Fsp3) is 0.125. The van der Waals surface area contributed by atoms with E-state index in [0.29, 0.717) is 11.7 Å². The first-order chi connectivity index (χ1) is 5.36. The van der Waals surface area contributed by atoms with Gasteiger partial charge in [-0.1, -0.05) is 0 Å². The van der Waals surface area contributed by atoms with E-state index in [1.165, 1.54) is 6.26 Å². The van der Waals surface area contributed by atoms with Crippen LogP contribution in [0.5, 0.6) is 0 Å². The monoisotopic (exact) mass is 149 g/mol. The van der Waals surface area contributed by atoms with Crippen LogP contribution in [0.15, 0.2) is 33.4 Å². The molecule has 0 aromatic carbocycles. The Bertz CT molecular complexity index is 335. The lowest BCUT2D eigenvalue weighted by molar-refractivity contribution is 0.501. The molecule has 0 radical (unpaired) electrons. The van der Waals surface area contributed by atoms with Gasteiger partial charge in [0.1, 0.15) is 12.0 Å². The average molecular weight is 149 g/mol. The number of oxazole rings is 1. The highest BCUT2D eigenvalue weighted by molar-refractivity contribution is 5.43. The second-order valence-corrected chi connectivity index (χ2v) is 2.25. The number of hydrogen-bond donors (Lipinski definition) is 0. The molecule has 56 valence electrons. The first kappa shape index (κ1) is 6.22. The average Bonchev–Trinajstić information content (AvgIpc) is 2.55. The topological polar surface area (TPSA) is 39.2 Å². The van der Waals surface area contributed by atoms with E-state index in [9.17, 15) is 0 Å². The minimum absolute atomic E-state index is 0.526. The predicted molar refractivity (Wildman–Crippen MR) is 38.9 cm³/mol. The number of aryl methyl sites for hydroxylation is 1. The van der Waals surface area contributed by atoms with E-state index < -0.39 is 0 Å². The summed E-state index contributed by atoms with van der Waals surface area (Å²) in [6.07, 6.45) is 3.11. The van der Waals surface area contributed by atoms with Crippen LogP contribution in [-0.2, 0) is 0 Å². The largest absolute Gasteiger partial charge is 0.456 e. The maximum absolute atomic E-state index is 5.27. The molecule has 0 amide bonds. The second kappa shape index (κ2) is 2.27. The number of hydrogen-bond acceptors (Lipinski definition) is 3. The van der Waals surface area contributed by atoms with Gasteiger partial charge in [0, 0.05) is 0 Å². The van der Waals surface area contributed by atoms with E-state index in [1.807, 2.05) is 19.1 Å². The molecule has 0 aliphatic heterocycles. The van der Waals surface area contributed by atoms with Gasteiger partial charge in [-0.05, 0) is 19.1 Å². The summed E-state index contributed by atoms with van der Waals surface area (Å²) in [4.78, 5) is 3.94. The Hall–Kier alpha value is -1.51. The molecule has 2 rings (SSSR count). The normalized spacial score (nSPS) is 10.3. The zero-order valence-corrected chi connectivity index (χ0v) is 6.07. The van der Waals surface area contributed by atoms with E-state index >= 15 is 0 Å². The molecular weight excluding hydrogens is 142 g/mol. The lowest BCUT2D eigenvalue weighted by Gasteiger charge is -1.85. The molecule has 0 aliphatic carbocycles. The standard InChI is InChI=1S/C8H7NO2/c1-6-2-3-7(11-6)8-9-4-5-10-8/h2-5H,1H3. The first-order valence-electron chi connectivity index (χ1n) is 3.32. The van der Waals surface area contributed by atoms with E-state index in [2.05, 4.69) is 4.98 Å². The maximum atomic E-state index is 5.27. The Labute approximate surface area is 63.7 Å². The van der Waals surface area contributed by atoms with Gasteiger partial charge in [0.2, 0.25) is 0 Å². The second-order valence-electron chi connectivity index (χ2n) is 2.25. The molecule has 0 saturated heterocycles. The van der Waals surface area contributed by atoms with Crippen molar-refractivity contribution in [2.24, 2.45) is 0 Å². The van der Waals surface area contributed by atoms with Crippen molar-refractivity contribution in [1.82, 2.24) is 4.98 Å². The van der Waals surface area contributed by atoms with Crippen LogP contribution in [0.4, 0.5) is 0 Å². The summed E-state index contributed by atoms with van der Waals surface area (Å²) in [5.41, 5.74) is 0. The van der Waals surface area contributed by atoms with Gasteiger partial charge in [-0.15, -0.1) is 0 Å². The van der Waals surface area contributed by atoms with Crippen molar-refractivity contribution in [2.75, 3.05) is 0 Å². The molecule has 0 aliphatic rings. The summed E-state index contributed by atoms with van der Waals surface area (Å²) >= 11 is 0. The van der Waals surface area contributed by atoms with Crippen LogP contribution in [0.2, 0.25) is 0 Å². The molecule has 0 unspecified atom stereocenters. The lowest BCUT2D eigenvalue weighted by Crippen LogP contribution is -1.68. The van der Waals surface area contributed by atoms with Crippen LogP contribution in [-0.4, -0.2) is 4.98 Å². The molecule has 2 aromatic rings. The molecule has 2 heterocycles. The third kappa shape index (κ3) is 1.05. The van der Waals surface area contributed by atoms with Crippen molar-refractivity contribution >= 4 is 0 Å². The summed E-state index contributed by atoms with van der Waals surface area (Å²) in [6.45, 7) is 1.88. The Balaban J connectivity index is 2.45. The van der Waals surface area contributed by atoms with Crippen LogP contribution < -0.4 is 0 Å². The zero-order valence-electron chi connectivity index (χ0n) is 6.07. The molecule has 2 aromatic heterocycles. The molecule has 3 nitrogen and oxygen atoms in total. The quantitative estimate of drug-likeness (QED) is 0.624. The van der Waals surface area contributed by atoms with Crippen molar-refractivity contribution in [1.29, 1.82) is 0 Å². The highest BCUT2D eigenvalue weighted by Gasteiger charge is 2.05. The van der Waals surface area contributed by atoms with Gasteiger partial charge in [-0.25, -0.2) is 4.98 Å². The summed E-state index contributed by atoms with van der Waals surface area (Å²) in [7, 11) is 0. The Morgan fingerprint density at radius 3 is 2.82 bits per heavy atom. The van der Waals surface area contributed by atoms with Gasteiger partial charge in [-0.2, -0.15) is 0 Å². The molecule has 0 saturated carbocycles. The Kier molecular flexibility index (Phi) is 1.28. The highest BCUT2D eigenvalue weighted by atomic mass is 16.4. The van der Waals surface area contributed by atoms with Crippen LogP contribution in [0, 0.1) is 6.92 Å². The smallest absolute Gasteiger partial charge is 0.262 e. The fourth-order valence-corrected chi connectivity index (χ4v) is 0.895. The third-order valence-electron chi connectivity index (χ3n) is 1.38. The predicted octanol–water partition coefficient (Wildman–Crippen LogP) is 2.24. The number of nitrogens with zero attached hydrogens (tertiary/aromatic N) is 1. The minimum Gasteiger partial charge on any atom is -0.456 e. The molecule has 0 bridgehead atoms. The summed E-state index contributed by atoms with van der Waals surface area (Å²) in [5, 5.41) is 0. The van der Waals surface area contributed by atoms with Crippen LogP contribution in [0.1, 0.15) is 5.76 Å². The number of aromatic nitrogens is 1. The molecule has 0 spiro atoms. The Morgan fingerprint density at radius 1 is 1.36 bits per heavy atom. The third-order valence-corrected chi connectivity index (χ3v) is 1.38. The van der Waals surface area contributed by atoms with Crippen molar-refractivity contribution < 1.29 is 8.83 Å². The lowest BCUT2D eigenvalue weighted by atomic mass is 10.4. The van der Waals surface area contributed by atoms with Crippen molar-refractivity contribution in [3.8, 4) is 11.7 Å². The summed E-state index contributed by atoms with van der Waals surface area (Å²) in [6, 6.07) is 3.71. The molecular formula is C8H7NO2. The first-order valence-corrected chi connectivity index (χ1v) is 3.32. The van der Waals surface area contributed by atoms with Gasteiger partial charge >= 0.3 is 0 Å². The fourth-order valence-electron chi connectivity index (χ4n) is 0.895. The van der Waals surface area contributed by atoms with Crippen LogP contribution >= 0.6 is 0 Å². The zero-order chi connectivity index (χ0) is 7.68. The van der Waals surface area contributed by atoms with E-state index in [1.54, 1.807) is 6.20 Å². The summed E-state index contributed by atoms with van der Waals surface area (Å²) < 4.78 is 10.3. The van der Waals surface area contributed by atoms with Crippen LogP contribution in [0.25, 0.3) is 11.7 Å². The van der Waals surface area contributed by atoms with Gasteiger partial charge in [0.25, 0.3) is 5.89 Å². The van der Waals surface area contributed by atoms with Gasteiger partial charge < -0.3 is 8.83 Å².